The molecule has 1 rings (SSSR count). The first kappa shape index (κ1) is 11.1. The lowest BCUT2D eigenvalue weighted by atomic mass is 10.1. The van der Waals surface area contributed by atoms with Gasteiger partial charge in [0.25, 0.3) is 0 Å². The van der Waals surface area contributed by atoms with Crippen molar-refractivity contribution in [3.05, 3.63) is 0 Å². The number of carbonyl (C=O) groups excluding carboxylic acids is 1. The van der Waals surface area contributed by atoms with Gasteiger partial charge in [0, 0.05) is 38.0 Å². The Hall–Kier alpha value is -1.01. The Morgan fingerprint density at radius 1 is 1.50 bits per heavy atom. The normalized spacial score (nSPS) is 27.1. The Morgan fingerprint density at radius 3 is 2.57 bits per heavy atom. The van der Waals surface area contributed by atoms with Gasteiger partial charge in [0.2, 0.25) is 5.91 Å². The van der Waals surface area contributed by atoms with Gasteiger partial charge in [0.05, 0.1) is 0 Å². The average Bonchev–Trinajstić information content (AvgIpc) is 2.14. The lowest BCUT2D eigenvalue weighted by molar-refractivity contribution is -0.136. The maximum Gasteiger partial charge on any atom is 0.224 e. The molecule has 1 N–H and O–H groups in total. The molecule has 1 heterocycles. The van der Waals surface area contributed by atoms with Crippen molar-refractivity contribution in [2.24, 2.45) is 0 Å². The number of nitrogens with one attached hydrogen (secondary N) is 1. The molecular formula is C11H18N2O. The Labute approximate surface area is 85.9 Å². The quantitative estimate of drug-likeness (QED) is 0.653. The van der Waals surface area contributed by atoms with Gasteiger partial charge < -0.3 is 10.2 Å². The smallest absolute Gasteiger partial charge is 0.224 e. The van der Waals surface area contributed by atoms with Crippen molar-refractivity contribution in [1.82, 2.24) is 10.2 Å². The molecule has 1 fully saturated rings. The summed E-state index contributed by atoms with van der Waals surface area (Å²) in [6.07, 6.45) is 6.16. The molecule has 0 spiro atoms. The van der Waals surface area contributed by atoms with E-state index in [2.05, 4.69) is 25.1 Å². The summed E-state index contributed by atoms with van der Waals surface area (Å²) >= 11 is 0. The highest BCUT2D eigenvalue weighted by Crippen LogP contribution is 2.11. The van der Waals surface area contributed by atoms with Crippen LogP contribution in [0.1, 0.15) is 26.7 Å². The third-order valence-electron chi connectivity index (χ3n) is 2.60. The molecule has 0 aromatic rings. The van der Waals surface area contributed by atoms with Crippen molar-refractivity contribution in [1.29, 1.82) is 0 Å². The van der Waals surface area contributed by atoms with Gasteiger partial charge in [-0.3, -0.25) is 4.79 Å². The van der Waals surface area contributed by atoms with Gasteiger partial charge in [-0.15, -0.1) is 12.3 Å². The van der Waals surface area contributed by atoms with Crippen LogP contribution >= 0.6 is 0 Å². The highest BCUT2D eigenvalue weighted by Gasteiger charge is 2.27. The van der Waals surface area contributed by atoms with E-state index in [1.807, 2.05) is 4.90 Å². The number of hydrogen-bond acceptors (Lipinski definition) is 2. The second-order valence-corrected chi connectivity index (χ2v) is 3.86. The summed E-state index contributed by atoms with van der Waals surface area (Å²) in [6.45, 7) is 5.89. The van der Waals surface area contributed by atoms with Gasteiger partial charge in [-0.25, -0.2) is 0 Å². The fraction of sp³-hybridized carbons (Fsp3) is 0.727. The van der Waals surface area contributed by atoms with Crippen LogP contribution in [0.2, 0.25) is 0 Å². The van der Waals surface area contributed by atoms with Gasteiger partial charge in [-0.05, 0) is 13.8 Å². The van der Waals surface area contributed by atoms with E-state index in [9.17, 15) is 4.79 Å². The molecule has 0 bridgehead atoms. The topological polar surface area (TPSA) is 32.3 Å². The van der Waals surface area contributed by atoms with E-state index >= 15 is 0 Å². The number of terminal acetylenes is 1. The van der Waals surface area contributed by atoms with Gasteiger partial charge >= 0.3 is 0 Å². The van der Waals surface area contributed by atoms with E-state index in [1.54, 1.807) is 0 Å². The molecule has 78 valence electrons. The SMILES string of the molecule is C#CCCC(=O)N1C(C)CNCC1C. The number of hydrogen-bond donors (Lipinski definition) is 1. The van der Waals surface area contributed by atoms with E-state index in [0.717, 1.165) is 13.1 Å². The maximum absolute atomic E-state index is 11.8. The Kier molecular flexibility index (Phi) is 3.97. The van der Waals surface area contributed by atoms with Crippen LogP contribution in [-0.2, 0) is 4.79 Å². The first-order chi connectivity index (χ1) is 6.66. The lowest BCUT2D eigenvalue weighted by Gasteiger charge is -2.39. The molecule has 14 heavy (non-hydrogen) atoms. The molecule has 0 aliphatic carbocycles. The summed E-state index contributed by atoms with van der Waals surface area (Å²) in [5.74, 6) is 2.69. The lowest BCUT2D eigenvalue weighted by Crippen LogP contribution is -2.57. The summed E-state index contributed by atoms with van der Waals surface area (Å²) in [4.78, 5) is 13.7. The summed E-state index contributed by atoms with van der Waals surface area (Å²) < 4.78 is 0. The molecule has 1 aliphatic heterocycles. The summed E-state index contributed by atoms with van der Waals surface area (Å²) in [5.41, 5.74) is 0. The minimum atomic E-state index is 0.185. The highest BCUT2D eigenvalue weighted by molar-refractivity contribution is 5.77. The van der Waals surface area contributed by atoms with Crippen LogP contribution in [-0.4, -0.2) is 36.0 Å². The molecule has 1 amide bonds. The van der Waals surface area contributed by atoms with Gasteiger partial charge in [-0.1, -0.05) is 0 Å². The van der Waals surface area contributed by atoms with E-state index in [0.29, 0.717) is 12.8 Å². The first-order valence-corrected chi connectivity index (χ1v) is 5.12. The zero-order chi connectivity index (χ0) is 10.6. The van der Waals surface area contributed by atoms with Crippen molar-refractivity contribution in [2.75, 3.05) is 13.1 Å². The molecule has 1 saturated heterocycles. The van der Waals surface area contributed by atoms with E-state index < -0.39 is 0 Å². The molecule has 2 unspecified atom stereocenters. The molecule has 0 radical (unpaired) electrons. The van der Waals surface area contributed by atoms with Crippen LogP contribution < -0.4 is 5.32 Å². The highest BCUT2D eigenvalue weighted by atomic mass is 16.2. The van der Waals surface area contributed by atoms with Crippen molar-refractivity contribution in [2.45, 2.75) is 38.8 Å². The third kappa shape index (κ3) is 2.49. The zero-order valence-corrected chi connectivity index (χ0v) is 8.92. The van der Waals surface area contributed by atoms with Crippen LogP contribution in [0.5, 0.6) is 0 Å². The molecule has 0 aromatic heterocycles. The van der Waals surface area contributed by atoms with Crippen molar-refractivity contribution in [3.8, 4) is 12.3 Å². The summed E-state index contributed by atoms with van der Waals surface area (Å²) in [5, 5.41) is 3.29. The second kappa shape index (κ2) is 5.02. The van der Waals surface area contributed by atoms with E-state index in [4.69, 9.17) is 6.42 Å². The molecule has 2 atom stereocenters. The van der Waals surface area contributed by atoms with Gasteiger partial charge in [-0.2, -0.15) is 0 Å². The monoisotopic (exact) mass is 194 g/mol. The largest absolute Gasteiger partial charge is 0.335 e. The molecule has 0 aromatic carbocycles. The van der Waals surface area contributed by atoms with E-state index in [1.165, 1.54) is 0 Å². The Morgan fingerprint density at radius 2 is 2.07 bits per heavy atom. The number of rotatable bonds is 2. The predicted molar refractivity (Wildman–Crippen MR) is 56.7 cm³/mol. The van der Waals surface area contributed by atoms with E-state index in [-0.39, 0.29) is 18.0 Å². The second-order valence-electron chi connectivity index (χ2n) is 3.86. The minimum absolute atomic E-state index is 0.185. The molecular weight excluding hydrogens is 176 g/mol. The molecule has 3 heteroatoms. The number of amides is 1. The molecule has 3 nitrogen and oxygen atoms in total. The van der Waals surface area contributed by atoms with Crippen molar-refractivity contribution in [3.63, 3.8) is 0 Å². The van der Waals surface area contributed by atoms with Gasteiger partial charge in [0.1, 0.15) is 0 Å². The Balaban J connectivity index is 2.54. The standard InChI is InChI=1S/C11H18N2O/c1-4-5-6-11(14)13-9(2)7-12-8-10(13)3/h1,9-10,12H,5-8H2,2-3H3. The fourth-order valence-electron chi connectivity index (χ4n) is 1.93. The van der Waals surface area contributed by atoms with Crippen LogP contribution in [0.4, 0.5) is 0 Å². The third-order valence-corrected chi connectivity index (χ3v) is 2.60. The fourth-order valence-corrected chi connectivity index (χ4v) is 1.93. The van der Waals surface area contributed by atoms with Crippen LogP contribution in [0.3, 0.4) is 0 Å². The average molecular weight is 194 g/mol. The maximum atomic E-state index is 11.8. The zero-order valence-electron chi connectivity index (χ0n) is 8.92. The number of carbonyl (C=O) groups is 1. The summed E-state index contributed by atoms with van der Waals surface area (Å²) in [6, 6.07) is 0.563. The number of nitrogens with zero attached hydrogens (tertiary/aromatic N) is 1. The minimum Gasteiger partial charge on any atom is -0.335 e. The number of piperazine rings is 1. The molecule has 1 aliphatic rings. The van der Waals surface area contributed by atoms with Crippen LogP contribution in [0, 0.1) is 12.3 Å². The van der Waals surface area contributed by atoms with Crippen LogP contribution in [0.25, 0.3) is 0 Å². The first-order valence-electron chi connectivity index (χ1n) is 5.12. The van der Waals surface area contributed by atoms with Gasteiger partial charge in [0.15, 0.2) is 0 Å². The Bertz CT molecular complexity index is 234. The molecule has 0 saturated carbocycles. The van der Waals surface area contributed by atoms with Crippen molar-refractivity contribution >= 4 is 5.91 Å². The van der Waals surface area contributed by atoms with Crippen molar-refractivity contribution < 1.29 is 4.79 Å². The predicted octanol–water partition coefficient (Wildman–Crippen LogP) is 0.609. The summed E-state index contributed by atoms with van der Waals surface area (Å²) in [7, 11) is 0. The van der Waals surface area contributed by atoms with Crippen LogP contribution in [0.15, 0.2) is 0 Å².